The van der Waals surface area contributed by atoms with Gasteiger partial charge >= 0.3 is 5.76 Å². The Morgan fingerprint density at radius 3 is 2.79 bits per heavy atom. The Kier molecular flexibility index (Phi) is 5.39. The van der Waals surface area contributed by atoms with Crippen molar-refractivity contribution in [3.05, 3.63) is 62.8 Å². The van der Waals surface area contributed by atoms with Gasteiger partial charge in [-0.3, -0.25) is 19.5 Å². The van der Waals surface area contributed by atoms with Crippen LogP contribution in [0.1, 0.15) is 19.4 Å². The van der Waals surface area contributed by atoms with Gasteiger partial charge in [0.2, 0.25) is 11.8 Å². The molecule has 1 aromatic carbocycles. The number of nitrogens with zero attached hydrogens (tertiary/aromatic N) is 3. The number of nitrogens with one attached hydrogen (secondary N) is 1. The molecule has 0 aliphatic heterocycles. The molecule has 0 aliphatic rings. The number of hydrogen-bond acceptors (Lipinski definition) is 7. The largest absolute Gasteiger partial charge is 0.475 e. The van der Waals surface area contributed by atoms with E-state index in [4.69, 9.17) is 9.15 Å². The molecule has 10 heteroatoms. The standard InChI is InChI=1S/C18H18N4O6/c1-11(2)27-17-6-3-12(9-20-17)8-19-16(23)10-21-14-5-4-13(22(25)26)7-15(14)28-18(21)24/h3-7,9,11H,8,10H2,1-2H3,(H,19,23). The number of carbonyl (C=O) groups is 1. The molecule has 0 saturated carbocycles. The van der Waals surface area contributed by atoms with E-state index in [0.717, 1.165) is 16.2 Å². The second-order valence-corrected chi connectivity index (χ2v) is 6.31. The summed E-state index contributed by atoms with van der Waals surface area (Å²) in [7, 11) is 0. The number of benzene rings is 1. The van der Waals surface area contributed by atoms with Crippen LogP contribution in [0.5, 0.6) is 5.88 Å². The maximum Gasteiger partial charge on any atom is 0.420 e. The minimum absolute atomic E-state index is 0.0163. The van der Waals surface area contributed by atoms with E-state index in [9.17, 15) is 19.7 Å². The number of ether oxygens (including phenoxy) is 1. The number of pyridine rings is 1. The van der Waals surface area contributed by atoms with E-state index < -0.39 is 16.6 Å². The number of non-ortho nitro benzene ring substituents is 1. The van der Waals surface area contributed by atoms with E-state index in [1.807, 2.05) is 13.8 Å². The highest BCUT2D eigenvalue weighted by Crippen LogP contribution is 2.20. The number of nitro benzene ring substituents is 1. The molecular formula is C18H18N4O6. The summed E-state index contributed by atoms with van der Waals surface area (Å²) >= 11 is 0. The molecule has 0 atom stereocenters. The lowest BCUT2D eigenvalue weighted by atomic mass is 10.3. The van der Waals surface area contributed by atoms with E-state index >= 15 is 0 Å². The van der Waals surface area contributed by atoms with Crippen molar-refractivity contribution in [2.45, 2.75) is 33.0 Å². The third kappa shape index (κ3) is 4.34. The maximum atomic E-state index is 12.2. The monoisotopic (exact) mass is 386 g/mol. The van der Waals surface area contributed by atoms with Crippen molar-refractivity contribution in [2.24, 2.45) is 0 Å². The van der Waals surface area contributed by atoms with Crippen LogP contribution in [0.15, 0.2) is 45.7 Å². The van der Waals surface area contributed by atoms with Gasteiger partial charge in [-0.15, -0.1) is 0 Å². The minimum Gasteiger partial charge on any atom is -0.475 e. The Labute approximate surface area is 158 Å². The number of rotatable bonds is 7. The number of carbonyl (C=O) groups excluding carboxylic acids is 1. The van der Waals surface area contributed by atoms with Crippen LogP contribution in [-0.2, 0) is 17.9 Å². The van der Waals surface area contributed by atoms with Crippen molar-refractivity contribution in [3.63, 3.8) is 0 Å². The molecule has 10 nitrogen and oxygen atoms in total. The van der Waals surface area contributed by atoms with E-state index in [0.29, 0.717) is 11.4 Å². The topological polar surface area (TPSA) is 130 Å². The van der Waals surface area contributed by atoms with Gasteiger partial charge in [0.25, 0.3) is 5.69 Å². The summed E-state index contributed by atoms with van der Waals surface area (Å²) < 4.78 is 11.6. The first kappa shape index (κ1) is 19.1. The highest BCUT2D eigenvalue weighted by molar-refractivity contribution is 5.80. The average molecular weight is 386 g/mol. The summed E-state index contributed by atoms with van der Waals surface area (Å²) in [5.74, 6) is -0.677. The molecule has 28 heavy (non-hydrogen) atoms. The van der Waals surface area contributed by atoms with Gasteiger partial charge in [-0.25, -0.2) is 9.78 Å². The molecule has 146 valence electrons. The summed E-state index contributed by atoms with van der Waals surface area (Å²) in [6, 6.07) is 7.27. The molecule has 3 aromatic rings. The minimum atomic E-state index is -0.762. The van der Waals surface area contributed by atoms with Gasteiger partial charge in [-0.05, 0) is 25.5 Å². The van der Waals surface area contributed by atoms with Crippen LogP contribution in [0, 0.1) is 10.1 Å². The number of aromatic nitrogens is 2. The Bertz CT molecular complexity index is 1070. The highest BCUT2D eigenvalue weighted by atomic mass is 16.6. The lowest BCUT2D eigenvalue weighted by Gasteiger charge is -2.09. The number of hydrogen-bond donors (Lipinski definition) is 1. The van der Waals surface area contributed by atoms with Gasteiger partial charge in [0.1, 0.15) is 6.54 Å². The summed E-state index contributed by atoms with van der Waals surface area (Å²) in [6.07, 6.45) is 1.61. The lowest BCUT2D eigenvalue weighted by Crippen LogP contribution is -2.30. The second-order valence-electron chi connectivity index (χ2n) is 6.31. The molecule has 0 saturated heterocycles. The van der Waals surface area contributed by atoms with Gasteiger partial charge < -0.3 is 14.5 Å². The third-order valence-electron chi connectivity index (χ3n) is 3.81. The van der Waals surface area contributed by atoms with Gasteiger partial charge in [0, 0.05) is 24.9 Å². The quantitative estimate of drug-likeness (QED) is 0.485. The Hall–Kier alpha value is -3.69. The molecule has 1 amide bonds. The average Bonchev–Trinajstić information content (AvgIpc) is 2.95. The van der Waals surface area contributed by atoms with Crippen LogP contribution in [-0.4, -0.2) is 26.5 Å². The summed E-state index contributed by atoms with van der Waals surface area (Å²) in [6.45, 7) is 3.75. The summed E-state index contributed by atoms with van der Waals surface area (Å²) in [5, 5.41) is 13.5. The van der Waals surface area contributed by atoms with Gasteiger partial charge in [-0.2, -0.15) is 0 Å². The van der Waals surface area contributed by atoms with Crippen molar-refractivity contribution in [3.8, 4) is 5.88 Å². The van der Waals surface area contributed by atoms with Crippen LogP contribution in [0.4, 0.5) is 5.69 Å². The van der Waals surface area contributed by atoms with E-state index in [1.165, 1.54) is 12.1 Å². The summed E-state index contributed by atoms with van der Waals surface area (Å²) in [5.41, 5.74) is 0.930. The number of nitro groups is 1. The van der Waals surface area contributed by atoms with Crippen LogP contribution < -0.4 is 15.8 Å². The number of fused-ring (bicyclic) bond motifs is 1. The van der Waals surface area contributed by atoms with Crippen LogP contribution in [0.3, 0.4) is 0 Å². The van der Waals surface area contributed by atoms with Crippen molar-refractivity contribution in [1.82, 2.24) is 14.9 Å². The van der Waals surface area contributed by atoms with Gasteiger partial charge in [0.05, 0.1) is 22.6 Å². The van der Waals surface area contributed by atoms with E-state index in [2.05, 4.69) is 10.3 Å². The smallest absolute Gasteiger partial charge is 0.420 e. The zero-order valence-corrected chi connectivity index (χ0v) is 15.2. The molecule has 1 N–H and O–H groups in total. The maximum absolute atomic E-state index is 12.2. The molecule has 0 spiro atoms. The molecule has 0 radical (unpaired) electrons. The van der Waals surface area contributed by atoms with Gasteiger partial charge in [-0.1, -0.05) is 6.07 Å². The molecule has 2 heterocycles. The van der Waals surface area contributed by atoms with Crippen molar-refractivity contribution < 1.29 is 18.9 Å². The molecular weight excluding hydrogens is 368 g/mol. The first-order chi connectivity index (χ1) is 13.3. The molecule has 3 rings (SSSR count). The number of oxazole rings is 1. The SMILES string of the molecule is CC(C)Oc1ccc(CNC(=O)Cn2c(=O)oc3cc([N+](=O)[O-])ccc32)cn1. The molecule has 0 unspecified atom stereocenters. The first-order valence-corrected chi connectivity index (χ1v) is 8.49. The zero-order chi connectivity index (χ0) is 20.3. The van der Waals surface area contributed by atoms with E-state index in [-0.39, 0.29) is 30.5 Å². The number of amides is 1. The van der Waals surface area contributed by atoms with Crippen molar-refractivity contribution >= 4 is 22.7 Å². The van der Waals surface area contributed by atoms with Crippen molar-refractivity contribution in [1.29, 1.82) is 0 Å². The van der Waals surface area contributed by atoms with Crippen LogP contribution in [0.25, 0.3) is 11.1 Å². The second kappa shape index (κ2) is 7.91. The predicted octanol–water partition coefficient (Wildman–Crippen LogP) is 2.00. The van der Waals surface area contributed by atoms with Crippen LogP contribution >= 0.6 is 0 Å². The normalized spacial score (nSPS) is 11.0. The lowest BCUT2D eigenvalue weighted by molar-refractivity contribution is -0.384. The highest BCUT2D eigenvalue weighted by Gasteiger charge is 2.16. The van der Waals surface area contributed by atoms with Crippen molar-refractivity contribution in [2.75, 3.05) is 0 Å². The fraction of sp³-hybridized carbons (Fsp3) is 0.278. The third-order valence-corrected chi connectivity index (χ3v) is 3.81. The van der Waals surface area contributed by atoms with Crippen LogP contribution in [0.2, 0.25) is 0 Å². The molecule has 0 aliphatic carbocycles. The Balaban J connectivity index is 1.65. The fourth-order valence-electron chi connectivity index (χ4n) is 2.55. The first-order valence-electron chi connectivity index (χ1n) is 8.49. The predicted molar refractivity (Wildman–Crippen MR) is 99.0 cm³/mol. The van der Waals surface area contributed by atoms with E-state index in [1.54, 1.807) is 18.3 Å². The molecule has 0 fully saturated rings. The van der Waals surface area contributed by atoms with Gasteiger partial charge in [0.15, 0.2) is 5.58 Å². The molecule has 2 aromatic heterocycles. The summed E-state index contributed by atoms with van der Waals surface area (Å²) in [4.78, 5) is 38.6. The fourth-order valence-corrected chi connectivity index (χ4v) is 2.55. The zero-order valence-electron chi connectivity index (χ0n) is 15.2. The Morgan fingerprint density at radius 1 is 1.36 bits per heavy atom. The Morgan fingerprint density at radius 2 is 2.14 bits per heavy atom. The molecule has 0 bridgehead atoms.